The van der Waals surface area contributed by atoms with Crippen molar-refractivity contribution in [2.75, 3.05) is 14.2 Å². The van der Waals surface area contributed by atoms with E-state index in [4.69, 9.17) is 9.47 Å². The molecule has 0 aliphatic heterocycles. The molecule has 1 saturated carbocycles. The van der Waals surface area contributed by atoms with E-state index < -0.39 is 17.8 Å². The number of methoxy groups -OCH3 is 2. The Morgan fingerprint density at radius 2 is 1.82 bits per heavy atom. The Kier molecular flexibility index (Phi) is 4.88. The Hall–Kier alpha value is -1.85. The van der Waals surface area contributed by atoms with Gasteiger partial charge in [0.05, 0.1) is 25.2 Å². The van der Waals surface area contributed by atoms with Gasteiger partial charge in [-0.2, -0.15) is 0 Å². The molecule has 0 bridgehead atoms. The molecule has 4 nitrogen and oxygen atoms in total. The number of benzene rings is 1. The summed E-state index contributed by atoms with van der Waals surface area (Å²) in [4.78, 5) is 11.9. The summed E-state index contributed by atoms with van der Waals surface area (Å²) in [6.07, 6.45) is 0.624. The van der Waals surface area contributed by atoms with E-state index in [1.54, 1.807) is 0 Å². The lowest BCUT2D eigenvalue weighted by Crippen LogP contribution is -2.38. The van der Waals surface area contributed by atoms with E-state index in [1.807, 2.05) is 0 Å². The van der Waals surface area contributed by atoms with Crippen LogP contribution in [0.1, 0.15) is 49.7 Å². The van der Waals surface area contributed by atoms with Crippen LogP contribution in [0.25, 0.3) is 0 Å². The molecule has 0 amide bonds. The molecule has 0 aromatic heterocycles. The summed E-state index contributed by atoms with van der Waals surface area (Å²) in [5.74, 6) is -0.876. The van der Waals surface area contributed by atoms with Crippen LogP contribution in [0.15, 0.2) is 12.1 Å². The quantitative estimate of drug-likeness (QED) is 0.894. The maximum Gasteiger partial charge on any atom is 0.314 e. The number of carboxylic acids is 1. The van der Waals surface area contributed by atoms with Gasteiger partial charge in [-0.25, -0.2) is 8.78 Å². The smallest absolute Gasteiger partial charge is 0.314 e. The fourth-order valence-electron chi connectivity index (χ4n) is 3.21. The molecule has 0 saturated heterocycles. The maximum absolute atomic E-state index is 13.3. The van der Waals surface area contributed by atoms with E-state index in [9.17, 15) is 18.7 Å². The number of hydrogen-bond acceptors (Lipinski definition) is 3. The van der Waals surface area contributed by atoms with Gasteiger partial charge in [-0.3, -0.25) is 4.79 Å². The van der Waals surface area contributed by atoms with Crippen molar-refractivity contribution in [2.45, 2.75) is 43.9 Å². The molecule has 6 heteroatoms. The summed E-state index contributed by atoms with van der Waals surface area (Å²) < 4.78 is 36.8. The van der Waals surface area contributed by atoms with Crippen molar-refractivity contribution in [3.8, 4) is 11.5 Å². The van der Waals surface area contributed by atoms with Crippen molar-refractivity contribution in [1.82, 2.24) is 0 Å². The van der Waals surface area contributed by atoms with Crippen LogP contribution in [0, 0.1) is 0 Å². The number of aliphatic carboxylic acids is 1. The lowest BCUT2D eigenvalue weighted by molar-refractivity contribution is -0.145. The number of carbonyl (C=O) groups is 1. The van der Waals surface area contributed by atoms with Crippen LogP contribution < -0.4 is 9.47 Å². The normalized spacial score (nSPS) is 17.3. The van der Waals surface area contributed by atoms with E-state index in [-0.39, 0.29) is 17.1 Å². The second-order valence-corrected chi connectivity index (χ2v) is 5.55. The highest BCUT2D eigenvalue weighted by molar-refractivity contribution is 5.82. The Bertz CT molecular complexity index is 551. The van der Waals surface area contributed by atoms with Crippen molar-refractivity contribution >= 4 is 5.97 Å². The Balaban J connectivity index is 2.63. The number of hydrogen-bond donors (Lipinski definition) is 1. The van der Waals surface area contributed by atoms with Gasteiger partial charge in [-0.15, -0.1) is 0 Å². The molecule has 0 atom stereocenters. The molecule has 1 aliphatic carbocycles. The number of ether oxygens (including phenoxy) is 2. The molecule has 0 unspecified atom stereocenters. The molecule has 1 fully saturated rings. The van der Waals surface area contributed by atoms with Gasteiger partial charge in [-0.05, 0) is 30.5 Å². The minimum Gasteiger partial charge on any atom is -0.493 e. The van der Waals surface area contributed by atoms with Gasteiger partial charge < -0.3 is 14.6 Å². The van der Waals surface area contributed by atoms with Gasteiger partial charge in [0.1, 0.15) is 0 Å². The monoisotopic (exact) mass is 314 g/mol. The standard InChI is InChI=1S/C16H20F2O4/c1-21-12-9-10(8-11(14(17)18)13(12)22-2)16(15(19)20)6-4-3-5-7-16/h8-9,14H,3-7H2,1-2H3,(H,19,20). The summed E-state index contributed by atoms with van der Waals surface area (Å²) in [5, 5.41) is 9.70. The molecule has 1 aromatic carbocycles. The molecular formula is C16H20F2O4. The van der Waals surface area contributed by atoms with Crippen molar-refractivity contribution in [3.63, 3.8) is 0 Å². The zero-order valence-electron chi connectivity index (χ0n) is 12.7. The zero-order chi connectivity index (χ0) is 16.3. The van der Waals surface area contributed by atoms with Crippen LogP contribution in [0.3, 0.4) is 0 Å². The Morgan fingerprint density at radius 1 is 1.18 bits per heavy atom. The first-order valence-corrected chi connectivity index (χ1v) is 7.24. The molecule has 0 heterocycles. The third kappa shape index (κ3) is 2.74. The summed E-state index contributed by atoms with van der Waals surface area (Å²) >= 11 is 0. The number of carboxylic acid groups (broad SMARTS) is 1. The first-order chi connectivity index (χ1) is 10.5. The fourth-order valence-corrected chi connectivity index (χ4v) is 3.21. The molecule has 0 radical (unpaired) electrons. The topological polar surface area (TPSA) is 55.8 Å². The molecule has 2 rings (SSSR count). The van der Waals surface area contributed by atoms with E-state index >= 15 is 0 Å². The molecule has 1 aromatic rings. The number of rotatable bonds is 5. The molecular weight excluding hydrogens is 294 g/mol. The first-order valence-electron chi connectivity index (χ1n) is 7.24. The van der Waals surface area contributed by atoms with Gasteiger partial charge >= 0.3 is 5.97 Å². The Morgan fingerprint density at radius 3 is 2.27 bits per heavy atom. The van der Waals surface area contributed by atoms with Crippen molar-refractivity contribution in [3.05, 3.63) is 23.3 Å². The second-order valence-electron chi connectivity index (χ2n) is 5.55. The third-order valence-corrected chi connectivity index (χ3v) is 4.41. The SMILES string of the molecule is COc1cc(C2(C(=O)O)CCCCC2)cc(C(F)F)c1OC. The van der Waals surface area contributed by atoms with Crippen LogP contribution in [-0.2, 0) is 10.2 Å². The van der Waals surface area contributed by atoms with Crippen molar-refractivity contribution in [1.29, 1.82) is 0 Å². The number of halogens is 2. The van der Waals surface area contributed by atoms with Crippen molar-refractivity contribution in [2.24, 2.45) is 0 Å². The van der Waals surface area contributed by atoms with Crippen molar-refractivity contribution < 1.29 is 28.2 Å². The summed E-state index contributed by atoms with van der Waals surface area (Å²) in [5.41, 5.74) is -1.09. The van der Waals surface area contributed by atoms with E-state index in [1.165, 1.54) is 26.4 Å². The van der Waals surface area contributed by atoms with Gasteiger partial charge in [0.15, 0.2) is 11.5 Å². The van der Waals surface area contributed by atoms with E-state index in [0.29, 0.717) is 18.4 Å². The van der Waals surface area contributed by atoms with Crippen LogP contribution in [0.4, 0.5) is 8.78 Å². The predicted molar refractivity (Wildman–Crippen MR) is 76.9 cm³/mol. The highest BCUT2D eigenvalue weighted by Gasteiger charge is 2.42. The zero-order valence-corrected chi connectivity index (χ0v) is 12.7. The largest absolute Gasteiger partial charge is 0.493 e. The summed E-state index contributed by atoms with van der Waals surface area (Å²) in [7, 11) is 2.64. The molecule has 1 N–H and O–H groups in total. The maximum atomic E-state index is 13.3. The molecule has 122 valence electrons. The minimum absolute atomic E-state index is 0.0439. The highest BCUT2D eigenvalue weighted by atomic mass is 19.3. The lowest BCUT2D eigenvalue weighted by atomic mass is 9.69. The highest BCUT2D eigenvalue weighted by Crippen LogP contribution is 2.45. The molecule has 0 spiro atoms. The molecule has 22 heavy (non-hydrogen) atoms. The van der Waals surface area contributed by atoms with Crippen LogP contribution in [0.2, 0.25) is 0 Å². The fraction of sp³-hybridized carbons (Fsp3) is 0.562. The number of alkyl halides is 2. The summed E-state index contributed by atoms with van der Waals surface area (Å²) in [6.45, 7) is 0. The van der Waals surface area contributed by atoms with E-state index in [2.05, 4.69) is 0 Å². The predicted octanol–water partition coefficient (Wildman–Crippen LogP) is 3.93. The first kappa shape index (κ1) is 16.5. The summed E-state index contributed by atoms with van der Waals surface area (Å²) in [6, 6.07) is 2.77. The average Bonchev–Trinajstić information content (AvgIpc) is 2.53. The second kappa shape index (κ2) is 6.50. The lowest BCUT2D eigenvalue weighted by Gasteiger charge is -2.34. The third-order valence-electron chi connectivity index (χ3n) is 4.41. The average molecular weight is 314 g/mol. The molecule has 1 aliphatic rings. The minimum atomic E-state index is -2.77. The van der Waals surface area contributed by atoms with E-state index in [0.717, 1.165) is 19.3 Å². The van der Waals surface area contributed by atoms with Gasteiger partial charge in [0.25, 0.3) is 6.43 Å². The van der Waals surface area contributed by atoms with Crippen LogP contribution in [0.5, 0.6) is 11.5 Å². The Labute approximate surface area is 128 Å². The van der Waals surface area contributed by atoms with Gasteiger partial charge in [-0.1, -0.05) is 19.3 Å². The van der Waals surface area contributed by atoms with Crippen LogP contribution >= 0.6 is 0 Å². The van der Waals surface area contributed by atoms with Gasteiger partial charge in [0, 0.05) is 0 Å². The van der Waals surface area contributed by atoms with Crippen LogP contribution in [-0.4, -0.2) is 25.3 Å². The van der Waals surface area contributed by atoms with Gasteiger partial charge in [0.2, 0.25) is 0 Å².